The van der Waals surface area contributed by atoms with Crippen molar-refractivity contribution in [1.82, 2.24) is 20.3 Å². The maximum Gasteiger partial charge on any atom is 0.416 e. The fraction of sp³-hybridized carbons (Fsp3) is 0.263. The molecule has 3 aromatic rings. The zero-order chi connectivity index (χ0) is 19.7. The van der Waals surface area contributed by atoms with Crippen molar-refractivity contribution in [3.63, 3.8) is 0 Å². The Morgan fingerprint density at radius 3 is 2.43 bits per heavy atom. The van der Waals surface area contributed by atoms with Gasteiger partial charge in [-0.25, -0.2) is 9.97 Å². The number of anilines is 1. The van der Waals surface area contributed by atoms with E-state index in [2.05, 4.69) is 25.6 Å². The Kier molecular flexibility index (Phi) is 4.58. The molecule has 0 aliphatic carbocycles. The van der Waals surface area contributed by atoms with E-state index in [1.807, 2.05) is 0 Å². The van der Waals surface area contributed by atoms with Crippen LogP contribution < -0.4 is 10.6 Å². The molecule has 1 aliphatic rings. The summed E-state index contributed by atoms with van der Waals surface area (Å²) in [6, 6.07) is 4.89. The molecular weight excluding hydrogens is 371 g/mol. The second-order valence-corrected chi connectivity index (χ2v) is 6.53. The van der Waals surface area contributed by atoms with Gasteiger partial charge in [-0.2, -0.15) is 13.2 Å². The molecule has 3 heterocycles. The maximum absolute atomic E-state index is 12.8. The number of hydrogen-bond donors (Lipinski definition) is 2. The van der Waals surface area contributed by atoms with Crippen molar-refractivity contribution in [2.45, 2.75) is 25.1 Å². The summed E-state index contributed by atoms with van der Waals surface area (Å²) in [5.41, 5.74) is 1.51. The first-order valence-electron chi connectivity index (χ1n) is 8.72. The lowest BCUT2D eigenvalue weighted by Crippen LogP contribution is -2.32. The molecule has 1 aliphatic heterocycles. The van der Waals surface area contributed by atoms with Crippen molar-refractivity contribution < 1.29 is 18.0 Å². The number of alkyl halides is 3. The monoisotopic (exact) mass is 387 g/mol. The standard InChI is InChI=1S/C19H16F3N5O/c20-19(21,22)12-3-1-11(2-4-12)14-10-26-18(17-16(14)23-7-8-24-17)25-9-13-5-6-15(28)27-13/h1-4,7-8,10,13H,5-6,9H2,(H,25,26)(H,27,28)/t13-/m1/s1. The van der Waals surface area contributed by atoms with Gasteiger partial charge in [0.1, 0.15) is 11.0 Å². The lowest BCUT2D eigenvalue weighted by atomic mass is 10.0. The number of carbonyl (C=O) groups excluding carboxylic acids is 1. The first kappa shape index (κ1) is 18.1. The Morgan fingerprint density at radius 1 is 1.07 bits per heavy atom. The lowest BCUT2D eigenvalue weighted by molar-refractivity contribution is -0.137. The highest BCUT2D eigenvalue weighted by molar-refractivity contribution is 5.96. The normalized spacial score (nSPS) is 17.0. The Hall–Kier alpha value is -3.23. The second kappa shape index (κ2) is 7.06. The largest absolute Gasteiger partial charge is 0.416 e. The highest BCUT2D eigenvalue weighted by atomic mass is 19.4. The van der Waals surface area contributed by atoms with Gasteiger partial charge in [0.2, 0.25) is 5.91 Å². The Balaban J connectivity index is 1.65. The highest BCUT2D eigenvalue weighted by Crippen LogP contribution is 2.33. The third kappa shape index (κ3) is 3.60. The molecule has 0 saturated carbocycles. The van der Waals surface area contributed by atoms with E-state index in [4.69, 9.17) is 0 Å². The number of carbonyl (C=O) groups is 1. The molecule has 0 radical (unpaired) electrons. The Morgan fingerprint density at radius 2 is 1.79 bits per heavy atom. The summed E-state index contributed by atoms with van der Waals surface area (Å²) >= 11 is 0. The van der Waals surface area contributed by atoms with Crippen molar-refractivity contribution >= 4 is 22.8 Å². The topological polar surface area (TPSA) is 79.8 Å². The number of amides is 1. The molecule has 1 saturated heterocycles. The zero-order valence-corrected chi connectivity index (χ0v) is 14.6. The van der Waals surface area contributed by atoms with E-state index in [0.717, 1.165) is 18.6 Å². The maximum atomic E-state index is 12.8. The summed E-state index contributed by atoms with van der Waals surface area (Å²) in [5, 5.41) is 6.05. The van der Waals surface area contributed by atoms with E-state index >= 15 is 0 Å². The molecule has 1 aromatic carbocycles. The molecule has 28 heavy (non-hydrogen) atoms. The van der Waals surface area contributed by atoms with Gasteiger partial charge in [0, 0.05) is 43.2 Å². The van der Waals surface area contributed by atoms with Gasteiger partial charge >= 0.3 is 6.18 Å². The number of pyridine rings is 1. The van der Waals surface area contributed by atoms with Gasteiger partial charge in [-0.15, -0.1) is 0 Å². The van der Waals surface area contributed by atoms with Crippen LogP contribution in [0.4, 0.5) is 19.0 Å². The number of aromatic nitrogens is 3. The predicted molar refractivity (Wildman–Crippen MR) is 97.4 cm³/mol. The van der Waals surface area contributed by atoms with Crippen LogP contribution in [0.1, 0.15) is 18.4 Å². The van der Waals surface area contributed by atoms with E-state index in [-0.39, 0.29) is 11.9 Å². The van der Waals surface area contributed by atoms with E-state index in [1.54, 1.807) is 6.20 Å². The first-order valence-corrected chi connectivity index (χ1v) is 8.72. The number of hydrogen-bond acceptors (Lipinski definition) is 5. The van der Waals surface area contributed by atoms with Crippen LogP contribution >= 0.6 is 0 Å². The van der Waals surface area contributed by atoms with Crippen molar-refractivity contribution in [1.29, 1.82) is 0 Å². The lowest BCUT2D eigenvalue weighted by Gasteiger charge is -2.14. The minimum absolute atomic E-state index is 0.0237. The third-order valence-corrected chi connectivity index (χ3v) is 4.62. The van der Waals surface area contributed by atoms with E-state index < -0.39 is 11.7 Å². The molecule has 6 nitrogen and oxygen atoms in total. The van der Waals surface area contributed by atoms with Gasteiger partial charge in [0.15, 0.2) is 5.82 Å². The Labute approximate surface area is 158 Å². The number of halogens is 3. The molecule has 9 heteroatoms. The van der Waals surface area contributed by atoms with Crippen LogP contribution in [0.3, 0.4) is 0 Å². The summed E-state index contributed by atoms with van der Waals surface area (Å²) in [6.45, 7) is 0.504. The quantitative estimate of drug-likeness (QED) is 0.717. The van der Waals surface area contributed by atoms with Gasteiger partial charge in [-0.05, 0) is 24.1 Å². The SMILES string of the molecule is O=C1CC[C@H](CNc2ncc(-c3ccc(C(F)(F)F)cc3)c3nccnc23)N1. The summed E-state index contributed by atoms with van der Waals surface area (Å²) in [4.78, 5) is 24.4. The minimum atomic E-state index is -4.39. The molecular formula is C19H16F3N5O. The van der Waals surface area contributed by atoms with Crippen molar-refractivity contribution in [2.24, 2.45) is 0 Å². The number of fused-ring (bicyclic) bond motifs is 1. The van der Waals surface area contributed by atoms with Crippen LogP contribution in [0.2, 0.25) is 0 Å². The average Bonchev–Trinajstić information content (AvgIpc) is 3.11. The summed E-state index contributed by atoms with van der Waals surface area (Å²) in [7, 11) is 0. The minimum Gasteiger partial charge on any atom is -0.366 e. The van der Waals surface area contributed by atoms with Crippen LogP contribution in [0, 0.1) is 0 Å². The smallest absolute Gasteiger partial charge is 0.366 e. The van der Waals surface area contributed by atoms with Crippen LogP contribution in [-0.2, 0) is 11.0 Å². The summed E-state index contributed by atoms with van der Waals surface area (Å²) in [6.07, 6.45) is 1.49. The van der Waals surface area contributed by atoms with Crippen LogP contribution in [0.5, 0.6) is 0 Å². The summed E-state index contributed by atoms with van der Waals surface area (Å²) < 4.78 is 38.4. The summed E-state index contributed by atoms with van der Waals surface area (Å²) in [5.74, 6) is 0.543. The van der Waals surface area contributed by atoms with Crippen molar-refractivity contribution in [3.8, 4) is 11.1 Å². The Bertz CT molecular complexity index is 1020. The predicted octanol–water partition coefficient (Wildman–Crippen LogP) is 3.40. The average molecular weight is 387 g/mol. The van der Waals surface area contributed by atoms with Gasteiger partial charge < -0.3 is 10.6 Å². The van der Waals surface area contributed by atoms with Gasteiger partial charge in [0.25, 0.3) is 0 Å². The molecule has 2 N–H and O–H groups in total. The van der Waals surface area contributed by atoms with E-state index in [0.29, 0.717) is 40.9 Å². The number of benzene rings is 1. The van der Waals surface area contributed by atoms with Crippen LogP contribution in [0.25, 0.3) is 22.2 Å². The first-order chi connectivity index (χ1) is 13.4. The molecule has 1 atom stereocenters. The van der Waals surface area contributed by atoms with Crippen molar-refractivity contribution in [3.05, 3.63) is 48.4 Å². The molecule has 0 spiro atoms. The third-order valence-electron chi connectivity index (χ3n) is 4.62. The molecule has 144 valence electrons. The van der Waals surface area contributed by atoms with Gasteiger partial charge in [-0.3, -0.25) is 9.78 Å². The van der Waals surface area contributed by atoms with Crippen molar-refractivity contribution in [2.75, 3.05) is 11.9 Å². The number of nitrogens with zero attached hydrogens (tertiary/aromatic N) is 3. The molecule has 1 amide bonds. The van der Waals surface area contributed by atoms with Gasteiger partial charge in [0.05, 0.1) is 5.56 Å². The van der Waals surface area contributed by atoms with Crippen LogP contribution in [0.15, 0.2) is 42.9 Å². The van der Waals surface area contributed by atoms with Gasteiger partial charge in [-0.1, -0.05) is 12.1 Å². The van der Waals surface area contributed by atoms with Crippen LogP contribution in [-0.4, -0.2) is 33.4 Å². The molecule has 2 aromatic heterocycles. The molecule has 1 fully saturated rings. The number of rotatable bonds is 4. The fourth-order valence-electron chi connectivity index (χ4n) is 3.19. The second-order valence-electron chi connectivity index (χ2n) is 6.53. The molecule has 0 unspecified atom stereocenters. The molecule has 0 bridgehead atoms. The fourth-order valence-corrected chi connectivity index (χ4v) is 3.19. The molecule has 4 rings (SSSR count). The van der Waals surface area contributed by atoms with E-state index in [1.165, 1.54) is 24.5 Å². The van der Waals surface area contributed by atoms with E-state index in [9.17, 15) is 18.0 Å². The zero-order valence-electron chi connectivity index (χ0n) is 14.6. The number of nitrogens with one attached hydrogen (secondary N) is 2. The highest BCUT2D eigenvalue weighted by Gasteiger charge is 2.30.